The first-order valence-electron chi connectivity index (χ1n) is 17.7. The number of unbranched alkanes of at least 4 members (excludes halogenated alkanes) is 5. The second-order valence-corrected chi connectivity index (χ2v) is 13.8. The molecule has 2 aromatic rings. The van der Waals surface area contributed by atoms with Crippen LogP contribution < -0.4 is 0 Å². The van der Waals surface area contributed by atoms with Crippen molar-refractivity contribution in [2.24, 2.45) is 17.8 Å². The lowest BCUT2D eigenvalue weighted by Gasteiger charge is -2.37. The van der Waals surface area contributed by atoms with Gasteiger partial charge in [0.05, 0.1) is 0 Å². The summed E-state index contributed by atoms with van der Waals surface area (Å²) >= 11 is 0. The van der Waals surface area contributed by atoms with Crippen LogP contribution in [0.25, 0.3) is 16.7 Å². The molecule has 0 aliphatic heterocycles. The van der Waals surface area contributed by atoms with E-state index in [9.17, 15) is 0 Å². The van der Waals surface area contributed by atoms with Crippen molar-refractivity contribution in [3.63, 3.8) is 0 Å². The van der Waals surface area contributed by atoms with Crippen LogP contribution in [-0.4, -0.2) is 12.3 Å². The van der Waals surface area contributed by atoms with E-state index in [0.29, 0.717) is 34.6 Å². The minimum atomic E-state index is -1.67. The Morgan fingerprint density at radius 1 is 0.705 bits per heavy atom. The summed E-state index contributed by atoms with van der Waals surface area (Å²) in [6.07, 6.45) is 22.5. The molecule has 0 heterocycles. The van der Waals surface area contributed by atoms with Crippen LogP contribution in [0.15, 0.2) is 72.3 Å². The van der Waals surface area contributed by atoms with Crippen LogP contribution >= 0.6 is 0 Å². The number of benzene rings is 2. The largest absolute Gasteiger partial charge is 0.239 e. The maximum Gasteiger partial charge on any atom is 0.161 e. The molecular formula is C41H53F3. The Balaban J connectivity index is 1.16. The maximum atomic E-state index is 15.4. The Bertz CT molecular complexity index is 1270. The first-order chi connectivity index (χ1) is 21.5. The van der Waals surface area contributed by atoms with Crippen LogP contribution in [-0.2, 0) is 0 Å². The third-order valence-corrected chi connectivity index (χ3v) is 10.9. The summed E-state index contributed by atoms with van der Waals surface area (Å²) in [5, 5.41) is 0. The van der Waals surface area contributed by atoms with Gasteiger partial charge in [0, 0.05) is 5.56 Å². The summed E-state index contributed by atoms with van der Waals surface area (Å²) in [6, 6.07) is 13.0. The fourth-order valence-electron chi connectivity index (χ4n) is 8.18. The highest BCUT2D eigenvalue weighted by atomic mass is 19.2. The summed E-state index contributed by atoms with van der Waals surface area (Å²) in [5.41, 5.74) is 4.03. The molecule has 238 valence electrons. The van der Waals surface area contributed by atoms with E-state index in [4.69, 9.17) is 0 Å². The first kappa shape index (κ1) is 32.8. The number of allylic oxidation sites excluding steroid dienone is 6. The predicted molar refractivity (Wildman–Crippen MR) is 181 cm³/mol. The third kappa shape index (κ3) is 8.18. The highest BCUT2D eigenvalue weighted by molar-refractivity contribution is 5.75. The molecule has 0 saturated heterocycles. The molecular weight excluding hydrogens is 549 g/mol. The minimum Gasteiger partial charge on any atom is -0.239 e. The highest BCUT2D eigenvalue weighted by Crippen LogP contribution is 2.44. The number of halogens is 3. The normalized spacial score (nSPS) is 27.8. The second-order valence-electron chi connectivity index (χ2n) is 13.8. The van der Waals surface area contributed by atoms with E-state index in [2.05, 4.69) is 32.1 Å². The highest BCUT2D eigenvalue weighted by Gasteiger charge is 2.32. The number of hydrogen-bond acceptors (Lipinski definition) is 0. The lowest BCUT2D eigenvalue weighted by molar-refractivity contribution is 0.171. The van der Waals surface area contributed by atoms with E-state index < -0.39 is 12.3 Å². The first-order valence-corrected chi connectivity index (χ1v) is 17.7. The summed E-state index contributed by atoms with van der Waals surface area (Å²) in [4.78, 5) is 0. The summed E-state index contributed by atoms with van der Waals surface area (Å²) in [5.74, 6) is 2.71. The second kappa shape index (κ2) is 16.1. The number of alkyl halides is 2. The zero-order valence-corrected chi connectivity index (χ0v) is 27.1. The lowest BCUT2D eigenvalue weighted by Crippen LogP contribution is -2.25. The quantitative estimate of drug-likeness (QED) is 0.167. The molecule has 0 bridgehead atoms. The van der Waals surface area contributed by atoms with Crippen LogP contribution in [0.5, 0.6) is 0 Å². The molecule has 3 aliphatic rings. The van der Waals surface area contributed by atoms with E-state index in [1.54, 1.807) is 30.4 Å². The van der Waals surface area contributed by atoms with Gasteiger partial charge < -0.3 is 0 Å². The van der Waals surface area contributed by atoms with Crippen molar-refractivity contribution in [2.45, 2.75) is 128 Å². The van der Waals surface area contributed by atoms with Gasteiger partial charge in [-0.25, -0.2) is 13.2 Å². The van der Waals surface area contributed by atoms with Crippen molar-refractivity contribution in [2.75, 3.05) is 0 Å². The van der Waals surface area contributed by atoms with Gasteiger partial charge in [0.2, 0.25) is 0 Å². The van der Waals surface area contributed by atoms with Gasteiger partial charge in [0.1, 0.15) is 5.82 Å². The summed E-state index contributed by atoms with van der Waals surface area (Å²) in [6.45, 7) is 4.32. The Morgan fingerprint density at radius 2 is 1.34 bits per heavy atom. The van der Waals surface area contributed by atoms with Crippen LogP contribution in [0.1, 0.15) is 127 Å². The van der Waals surface area contributed by atoms with Crippen molar-refractivity contribution < 1.29 is 13.2 Å². The van der Waals surface area contributed by atoms with E-state index >= 15 is 13.2 Å². The Morgan fingerprint density at radius 3 is 2.00 bits per heavy atom. The average molecular weight is 603 g/mol. The number of rotatable bonds is 12. The van der Waals surface area contributed by atoms with Crippen molar-refractivity contribution in [3.05, 3.63) is 89.3 Å². The SMILES string of the molecule is C/C=C/C1CCC(C2CCC(c3ccc(-c4ccc(C5=CC=C(CCCCCCCC)C(F)C5F)cc4)c(F)c3)CC2)CC1. The average Bonchev–Trinajstić information content (AvgIpc) is 3.05. The molecule has 5 rings (SSSR count). The van der Waals surface area contributed by atoms with E-state index in [0.717, 1.165) is 61.0 Å². The molecule has 0 amide bonds. The maximum absolute atomic E-state index is 15.4. The van der Waals surface area contributed by atoms with Gasteiger partial charge in [-0.3, -0.25) is 0 Å². The molecule has 2 unspecified atom stereocenters. The van der Waals surface area contributed by atoms with Gasteiger partial charge >= 0.3 is 0 Å². The molecule has 3 heteroatoms. The van der Waals surface area contributed by atoms with E-state index in [-0.39, 0.29) is 5.82 Å². The smallest absolute Gasteiger partial charge is 0.161 e. The zero-order chi connectivity index (χ0) is 30.9. The molecule has 3 aliphatic carbocycles. The van der Waals surface area contributed by atoms with Crippen LogP contribution in [0.4, 0.5) is 13.2 Å². The number of hydrogen-bond donors (Lipinski definition) is 0. The van der Waals surface area contributed by atoms with Crippen LogP contribution in [0.2, 0.25) is 0 Å². The molecule has 44 heavy (non-hydrogen) atoms. The van der Waals surface area contributed by atoms with Crippen molar-refractivity contribution in [3.8, 4) is 11.1 Å². The van der Waals surface area contributed by atoms with Crippen molar-refractivity contribution in [1.82, 2.24) is 0 Å². The van der Waals surface area contributed by atoms with Gasteiger partial charge in [-0.05, 0) is 129 Å². The molecule has 2 atom stereocenters. The molecule has 0 radical (unpaired) electrons. The Labute approximate surface area is 264 Å². The van der Waals surface area contributed by atoms with E-state index in [1.807, 2.05) is 18.2 Å². The molecule has 0 N–H and O–H groups in total. The third-order valence-electron chi connectivity index (χ3n) is 10.9. The van der Waals surface area contributed by atoms with Gasteiger partial charge in [-0.2, -0.15) is 0 Å². The molecule has 2 fully saturated rings. The molecule has 0 aromatic heterocycles. The standard InChI is InChI=1S/C41H53F3/c1-3-5-6-7-8-9-11-35-24-27-38(41(44)40(35)43)34-22-20-33(21-23-34)37-26-25-36(28-39(37)42)32-18-16-31(17-19-32)30-14-12-29(10-4-2)13-15-30/h4,10,20-32,40-41H,3,5-9,11-19H2,1-2H3/b10-4+. The molecule has 2 saturated carbocycles. The summed E-state index contributed by atoms with van der Waals surface area (Å²) in [7, 11) is 0. The zero-order valence-electron chi connectivity index (χ0n) is 27.1. The molecule has 2 aromatic carbocycles. The molecule has 0 spiro atoms. The van der Waals surface area contributed by atoms with Gasteiger partial charge in [-0.15, -0.1) is 0 Å². The van der Waals surface area contributed by atoms with Gasteiger partial charge in [0.15, 0.2) is 12.3 Å². The molecule has 0 nitrogen and oxygen atoms in total. The van der Waals surface area contributed by atoms with Crippen LogP contribution in [0.3, 0.4) is 0 Å². The fraction of sp³-hybridized carbons (Fsp3) is 0.561. The summed E-state index contributed by atoms with van der Waals surface area (Å²) < 4.78 is 45.6. The van der Waals surface area contributed by atoms with Crippen LogP contribution in [0, 0.1) is 23.6 Å². The predicted octanol–water partition coefficient (Wildman–Crippen LogP) is 12.9. The lowest BCUT2D eigenvalue weighted by atomic mass is 9.68. The topological polar surface area (TPSA) is 0 Å². The van der Waals surface area contributed by atoms with E-state index in [1.165, 1.54) is 57.8 Å². The van der Waals surface area contributed by atoms with Crippen molar-refractivity contribution in [1.29, 1.82) is 0 Å². The Hall–Kier alpha value is -2.55. The van der Waals surface area contributed by atoms with Gasteiger partial charge in [0.25, 0.3) is 0 Å². The monoisotopic (exact) mass is 602 g/mol. The van der Waals surface area contributed by atoms with Gasteiger partial charge in [-0.1, -0.05) is 99.7 Å². The Kier molecular flexibility index (Phi) is 12.0. The minimum absolute atomic E-state index is 0.203. The van der Waals surface area contributed by atoms with Crippen molar-refractivity contribution >= 4 is 5.57 Å². The fourth-order valence-corrected chi connectivity index (χ4v) is 8.18.